The quantitative estimate of drug-likeness (QED) is 0.783. The highest BCUT2D eigenvalue weighted by atomic mass is 35.5. The number of benzene rings is 1. The molecule has 1 aromatic carbocycles. The molecule has 0 saturated carbocycles. The Labute approximate surface area is 111 Å². The molecule has 2 aromatic rings. The van der Waals surface area contributed by atoms with Crippen molar-refractivity contribution in [3.8, 4) is 5.75 Å². The standard InChI is InChI=1S/C12H15ClN4O/c1-18-11-3-2-10(13)6-9(11)7-14-5-4-12-15-8-16-17-12/h2-3,6,8,14H,4-5,7H2,1H3,(H,15,16,17). The summed E-state index contributed by atoms with van der Waals surface area (Å²) in [6, 6.07) is 5.59. The van der Waals surface area contributed by atoms with Gasteiger partial charge >= 0.3 is 0 Å². The molecule has 0 aliphatic carbocycles. The number of ether oxygens (including phenoxy) is 1. The maximum Gasteiger partial charge on any atom is 0.137 e. The first-order valence-electron chi connectivity index (χ1n) is 5.67. The molecule has 0 saturated heterocycles. The summed E-state index contributed by atoms with van der Waals surface area (Å²) >= 11 is 5.96. The lowest BCUT2D eigenvalue weighted by molar-refractivity contribution is 0.408. The van der Waals surface area contributed by atoms with E-state index in [1.807, 2.05) is 18.2 Å². The van der Waals surface area contributed by atoms with Crippen molar-refractivity contribution < 1.29 is 4.74 Å². The normalized spacial score (nSPS) is 10.6. The third-order valence-electron chi connectivity index (χ3n) is 2.56. The van der Waals surface area contributed by atoms with E-state index in [1.165, 1.54) is 6.33 Å². The second-order valence-corrected chi connectivity index (χ2v) is 4.25. The van der Waals surface area contributed by atoms with Crippen LogP contribution in [0.3, 0.4) is 0 Å². The van der Waals surface area contributed by atoms with Gasteiger partial charge < -0.3 is 10.1 Å². The Morgan fingerprint density at radius 2 is 2.33 bits per heavy atom. The van der Waals surface area contributed by atoms with E-state index in [0.29, 0.717) is 11.6 Å². The SMILES string of the molecule is COc1ccc(Cl)cc1CNCCc1ncn[nH]1. The lowest BCUT2D eigenvalue weighted by atomic mass is 10.2. The molecular weight excluding hydrogens is 252 g/mol. The number of hydrogen-bond donors (Lipinski definition) is 2. The summed E-state index contributed by atoms with van der Waals surface area (Å²) in [7, 11) is 1.65. The summed E-state index contributed by atoms with van der Waals surface area (Å²) in [6.45, 7) is 1.52. The van der Waals surface area contributed by atoms with Gasteiger partial charge in [-0.15, -0.1) is 0 Å². The summed E-state index contributed by atoms with van der Waals surface area (Å²) in [5, 5.41) is 10.6. The summed E-state index contributed by atoms with van der Waals surface area (Å²) in [5.74, 6) is 1.71. The van der Waals surface area contributed by atoms with E-state index < -0.39 is 0 Å². The van der Waals surface area contributed by atoms with Crippen LogP contribution < -0.4 is 10.1 Å². The minimum absolute atomic E-state index is 0.706. The molecule has 1 heterocycles. The third-order valence-corrected chi connectivity index (χ3v) is 2.80. The molecule has 0 unspecified atom stereocenters. The van der Waals surface area contributed by atoms with Crippen molar-refractivity contribution in [1.82, 2.24) is 20.5 Å². The molecule has 0 spiro atoms. The van der Waals surface area contributed by atoms with Crippen molar-refractivity contribution in [3.63, 3.8) is 0 Å². The van der Waals surface area contributed by atoms with E-state index in [2.05, 4.69) is 20.5 Å². The number of nitrogens with one attached hydrogen (secondary N) is 2. The van der Waals surface area contributed by atoms with E-state index >= 15 is 0 Å². The van der Waals surface area contributed by atoms with Crippen LogP contribution in [0.1, 0.15) is 11.4 Å². The maximum atomic E-state index is 5.96. The molecule has 0 bridgehead atoms. The molecule has 1 aromatic heterocycles. The van der Waals surface area contributed by atoms with Crippen LogP contribution in [0.2, 0.25) is 5.02 Å². The van der Waals surface area contributed by atoms with E-state index in [9.17, 15) is 0 Å². The molecule has 2 rings (SSSR count). The molecule has 0 aliphatic heterocycles. The zero-order valence-corrected chi connectivity index (χ0v) is 10.9. The lowest BCUT2D eigenvalue weighted by Gasteiger charge is -2.09. The van der Waals surface area contributed by atoms with Crippen LogP contribution >= 0.6 is 11.6 Å². The van der Waals surface area contributed by atoms with Gasteiger partial charge in [-0.1, -0.05) is 11.6 Å². The maximum absolute atomic E-state index is 5.96. The van der Waals surface area contributed by atoms with Gasteiger partial charge in [0.15, 0.2) is 0 Å². The van der Waals surface area contributed by atoms with Crippen molar-refractivity contribution in [3.05, 3.63) is 40.9 Å². The van der Waals surface area contributed by atoms with E-state index in [-0.39, 0.29) is 0 Å². The van der Waals surface area contributed by atoms with Crippen LogP contribution in [0.15, 0.2) is 24.5 Å². The van der Waals surface area contributed by atoms with Crippen molar-refractivity contribution in [1.29, 1.82) is 0 Å². The number of methoxy groups -OCH3 is 1. The van der Waals surface area contributed by atoms with Gasteiger partial charge in [-0.05, 0) is 18.2 Å². The van der Waals surface area contributed by atoms with Gasteiger partial charge in [0.1, 0.15) is 17.9 Å². The predicted octanol–water partition coefficient (Wildman–Crippen LogP) is 1.80. The Morgan fingerprint density at radius 3 is 3.06 bits per heavy atom. The van der Waals surface area contributed by atoms with Gasteiger partial charge in [0, 0.05) is 30.1 Å². The summed E-state index contributed by atoms with van der Waals surface area (Å²) in [6.07, 6.45) is 2.32. The lowest BCUT2D eigenvalue weighted by Crippen LogP contribution is -2.17. The van der Waals surface area contributed by atoms with Crippen molar-refractivity contribution >= 4 is 11.6 Å². The topological polar surface area (TPSA) is 62.8 Å². The first-order chi connectivity index (χ1) is 8.79. The molecule has 96 valence electrons. The van der Waals surface area contributed by atoms with Gasteiger partial charge in [-0.25, -0.2) is 4.98 Å². The van der Waals surface area contributed by atoms with Crippen LogP contribution in [-0.4, -0.2) is 28.8 Å². The van der Waals surface area contributed by atoms with Crippen LogP contribution in [0.5, 0.6) is 5.75 Å². The molecule has 0 amide bonds. The number of aromatic nitrogens is 3. The van der Waals surface area contributed by atoms with Gasteiger partial charge in [-0.3, -0.25) is 5.10 Å². The zero-order valence-electron chi connectivity index (χ0n) is 10.1. The van der Waals surface area contributed by atoms with Gasteiger partial charge in [0.2, 0.25) is 0 Å². The third kappa shape index (κ3) is 3.45. The smallest absolute Gasteiger partial charge is 0.137 e. The average Bonchev–Trinajstić information content (AvgIpc) is 2.88. The molecule has 2 N–H and O–H groups in total. The highest BCUT2D eigenvalue weighted by molar-refractivity contribution is 6.30. The fraction of sp³-hybridized carbons (Fsp3) is 0.333. The first-order valence-corrected chi connectivity index (χ1v) is 6.05. The highest BCUT2D eigenvalue weighted by Crippen LogP contribution is 2.22. The molecule has 0 radical (unpaired) electrons. The zero-order chi connectivity index (χ0) is 12.8. The number of hydrogen-bond acceptors (Lipinski definition) is 4. The Bertz CT molecular complexity index is 487. The fourth-order valence-corrected chi connectivity index (χ4v) is 1.86. The van der Waals surface area contributed by atoms with Gasteiger partial charge in [0.05, 0.1) is 7.11 Å². The number of halogens is 1. The number of nitrogens with zero attached hydrogens (tertiary/aromatic N) is 2. The Kier molecular flexibility index (Phi) is 4.55. The summed E-state index contributed by atoms with van der Waals surface area (Å²) in [4.78, 5) is 4.06. The Balaban J connectivity index is 1.84. The Hall–Kier alpha value is -1.59. The van der Waals surface area contributed by atoms with Crippen LogP contribution in [0, 0.1) is 0 Å². The van der Waals surface area contributed by atoms with E-state index in [4.69, 9.17) is 16.3 Å². The summed E-state index contributed by atoms with van der Waals surface area (Å²) < 4.78 is 5.28. The van der Waals surface area contributed by atoms with Crippen LogP contribution in [0.4, 0.5) is 0 Å². The van der Waals surface area contributed by atoms with Crippen molar-refractivity contribution in [2.24, 2.45) is 0 Å². The molecule has 0 fully saturated rings. The largest absolute Gasteiger partial charge is 0.496 e. The number of aromatic amines is 1. The van der Waals surface area contributed by atoms with Crippen LogP contribution in [-0.2, 0) is 13.0 Å². The fourth-order valence-electron chi connectivity index (χ4n) is 1.67. The predicted molar refractivity (Wildman–Crippen MR) is 69.8 cm³/mol. The molecule has 0 aliphatic rings. The second kappa shape index (κ2) is 6.37. The highest BCUT2D eigenvalue weighted by Gasteiger charge is 2.03. The van der Waals surface area contributed by atoms with Crippen molar-refractivity contribution in [2.45, 2.75) is 13.0 Å². The van der Waals surface area contributed by atoms with Gasteiger partial charge in [0.25, 0.3) is 0 Å². The first kappa shape index (κ1) is 12.9. The second-order valence-electron chi connectivity index (χ2n) is 3.82. The monoisotopic (exact) mass is 266 g/mol. The van der Waals surface area contributed by atoms with Crippen molar-refractivity contribution in [2.75, 3.05) is 13.7 Å². The molecular formula is C12H15ClN4O. The molecule has 0 atom stereocenters. The minimum atomic E-state index is 0.706. The molecule has 5 nitrogen and oxygen atoms in total. The molecule has 18 heavy (non-hydrogen) atoms. The summed E-state index contributed by atoms with van der Waals surface area (Å²) in [5.41, 5.74) is 1.04. The average molecular weight is 267 g/mol. The van der Waals surface area contributed by atoms with E-state index in [1.54, 1.807) is 7.11 Å². The minimum Gasteiger partial charge on any atom is -0.496 e. The van der Waals surface area contributed by atoms with E-state index in [0.717, 1.165) is 30.1 Å². The number of H-pyrrole nitrogens is 1. The van der Waals surface area contributed by atoms with Gasteiger partial charge in [-0.2, -0.15) is 5.10 Å². The Morgan fingerprint density at radius 1 is 1.44 bits per heavy atom. The van der Waals surface area contributed by atoms with Crippen LogP contribution in [0.25, 0.3) is 0 Å². The number of rotatable bonds is 6. The molecule has 6 heteroatoms.